The lowest BCUT2D eigenvalue weighted by atomic mass is 9.90. The van der Waals surface area contributed by atoms with E-state index in [0.717, 1.165) is 12.5 Å². The van der Waals surface area contributed by atoms with Crippen LogP contribution < -0.4 is 21.3 Å². The van der Waals surface area contributed by atoms with E-state index >= 15 is 0 Å². The first-order valence-corrected chi connectivity index (χ1v) is 16.7. The number of para-hydroxylation sites is 2. The molecule has 15 heteroatoms. The molecule has 0 bridgehead atoms. The number of ketones is 1. The number of carbonyl (C=O) groups is 7. The van der Waals surface area contributed by atoms with Gasteiger partial charge in [-0.2, -0.15) is 0 Å². The summed E-state index contributed by atoms with van der Waals surface area (Å²) < 4.78 is 0. The predicted molar refractivity (Wildman–Crippen MR) is 197 cm³/mol. The van der Waals surface area contributed by atoms with Gasteiger partial charge in [0.1, 0.15) is 5.54 Å². The van der Waals surface area contributed by atoms with Gasteiger partial charge < -0.3 is 26.3 Å². The minimum absolute atomic E-state index is 0.0105. The van der Waals surface area contributed by atoms with Crippen LogP contribution in [0.3, 0.4) is 0 Å². The average Bonchev–Trinajstić information content (AvgIpc) is 3.32. The normalized spacial score (nSPS) is 16.3. The number of hydrogen-bond acceptors (Lipinski definition) is 9. The molecule has 0 aliphatic carbocycles. The summed E-state index contributed by atoms with van der Waals surface area (Å²) in [5.74, 6) is -5.86. The number of nitrogens with two attached hydrogens (primary N) is 1. The number of nitrogens with one attached hydrogen (secondary N) is 2. The molecule has 15 nitrogen and oxygen atoms in total. The van der Waals surface area contributed by atoms with Gasteiger partial charge in [0.15, 0.2) is 11.8 Å². The summed E-state index contributed by atoms with van der Waals surface area (Å²) in [7, 11) is 0. The SMILES string of the molecule is CC(=O)[C@@H](C(=O)ON1C(=O)N(Cc2ccccc2)[C@](C)(c2ccc(NC(=O)Nc3ccccc3C)cc2)C1=O)N(C(=O)[C@@H](N)CC(=O)O)c1ccccc1. The summed E-state index contributed by atoms with van der Waals surface area (Å²) in [6.07, 6.45) is -0.816. The van der Waals surface area contributed by atoms with E-state index in [1.165, 1.54) is 48.2 Å². The smallest absolute Gasteiger partial charge is 0.363 e. The number of hydrogen-bond donors (Lipinski definition) is 4. The van der Waals surface area contributed by atoms with Crippen LogP contribution in [0, 0.1) is 6.92 Å². The van der Waals surface area contributed by atoms with Crippen LogP contribution in [0.5, 0.6) is 0 Å². The van der Waals surface area contributed by atoms with E-state index in [4.69, 9.17) is 10.6 Å². The summed E-state index contributed by atoms with van der Waals surface area (Å²) in [6, 6.07) is 24.3. The van der Waals surface area contributed by atoms with Gasteiger partial charge in [-0.05, 0) is 67.8 Å². The second-order valence-electron chi connectivity index (χ2n) is 12.7. The first-order valence-electron chi connectivity index (χ1n) is 16.7. The molecule has 1 saturated heterocycles. The van der Waals surface area contributed by atoms with Crippen LogP contribution >= 0.6 is 0 Å². The Labute approximate surface area is 310 Å². The van der Waals surface area contributed by atoms with Crippen molar-refractivity contribution in [1.82, 2.24) is 9.96 Å². The summed E-state index contributed by atoms with van der Waals surface area (Å²) in [4.78, 5) is 100. The quantitative estimate of drug-likeness (QED) is 0.111. The number of nitrogens with zero attached hydrogens (tertiary/aromatic N) is 3. The number of carboxylic acids is 1. The highest BCUT2D eigenvalue weighted by molar-refractivity contribution is 6.15. The molecule has 1 heterocycles. The van der Waals surface area contributed by atoms with Gasteiger partial charge in [-0.3, -0.25) is 29.0 Å². The number of rotatable bonds is 13. The van der Waals surface area contributed by atoms with Gasteiger partial charge in [-0.15, -0.1) is 0 Å². The maximum Gasteiger partial charge on any atom is 0.363 e. The number of benzene rings is 4. The van der Waals surface area contributed by atoms with Crippen molar-refractivity contribution in [3.8, 4) is 0 Å². The zero-order valence-corrected chi connectivity index (χ0v) is 29.6. The Balaban J connectivity index is 1.46. The van der Waals surface area contributed by atoms with Crippen molar-refractivity contribution in [2.45, 2.75) is 51.4 Å². The Morgan fingerprint density at radius 2 is 1.44 bits per heavy atom. The van der Waals surface area contributed by atoms with Crippen LogP contribution in [-0.4, -0.2) is 68.8 Å². The number of carbonyl (C=O) groups excluding carboxylic acids is 6. The first-order chi connectivity index (χ1) is 25.7. The lowest BCUT2D eigenvalue weighted by molar-refractivity contribution is -0.186. The van der Waals surface area contributed by atoms with E-state index < -0.39 is 65.6 Å². The fraction of sp³-hybridized carbons (Fsp3) is 0.205. The zero-order chi connectivity index (χ0) is 39.2. The maximum atomic E-state index is 14.3. The molecule has 0 saturated carbocycles. The van der Waals surface area contributed by atoms with Crippen molar-refractivity contribution < 1.29 is 43.5 Å². The van der Waals surface area contributed by atoms with Crippen molar-refractivity contribution in [3.05, 3.63) is 126 Å². The fourth-order valence-corrected chi connectivity index (χ4v) is 5.97. The van der Waals surface area contributed by atoms with Gasteiger partial charge in [0.2, 0.25) is 5.91 Å². The largest absolute Gasteiger partial charge is 0.481 e. The van der Waals surface area contributed by atoms with Crippen LogP contribution in [0.2, 0.25) is 0 Å². The number of aryl methyl sites for hydroxylation is 1. The molecule has 278 valence electrons. The van der Waals surface area contributed by atoms with Gasteiger partial charge in [0.05, 0.1) is 12.5 Å². The Bertz CT molecular complexity index is 2080. The number of anilines is 3. The van der Waals surface area contributed by atoms with Crippen molar-refractivity contribution in [3.63, 3.8) is 0 Å². The Morgan fingerprint density at radius 1 is 0.852 bits per heavy atom. The molecule has 54 heavy (non-hydrogen) atoms. The average molecular weight is 735 g/mol. The number of Topliss-reactive ketones (excluding diaryl/α,β-unsaturated/α-hetero) is 1. The van der Waals surface area contributed by atoms with E-state index in [1.54, 1.807) is 60.7 Å². The molecule has 5 rings (SSSR count). The summed E-state index contributed by atoms with van der Waals surface area (Å²) in [5.41, 5.74) is 6.90. The van der Waals surface area contributed by atoms with E-state index in [1.807, 2.05) is 19.1 Å². The second-order valence-corrected chi connectivity index (χ2v) is 12.7. The number of carboxylic acid groups (broad SMARTS) is 1. The number of urea groups is 2. The van der Waals surface area contributed by atoms with E-state index in [2.05, 4.69) is 10.6 Å². The number of imide groups is 1. The first kappa shape index (κ1) is 38.4. The van der Waals surface area contributed by atoms with Crippen LogP contribution in [-0.2, 0) is 40.9 Å². The predicted octanol–water partition coefficient (Wildman–Crippen LogP) is 4.57. The lowest BCUT2D eigenvalue weighted by Crippen LogP contribution is -2.56. The standard InChI is InChI=1S/C39H38N6O9/c1-24-12-10-11-17-31(24)42-37(52)41-28-20-18-27(19-21-28)39(3)36(51)45(38(53)43(39)23-26-13-6-4-7-14-26)54-35(50)33(25(2)46)44(29-15-8-5-9-16-29)34(49)30(40)22-32(47)48/h4-21,30,33H,22-23,40H2,1-3H3,(H,47,48)(H2,41,42,52)/t30-,33-,39+/m0/s1. The molecule has 1 fully saturated rings. The van der Waals surface area contributed by atoms with Crippen LogP contribution in [0.15, 0.2) is 109 Å². The Morgan fingerprint density at radius 3 is 2.04 bits per heavy atom. The zero-order valence-electron chi connectivity index (χ0n) is 29.6. The number of hydroxylamine groups is 2. The maximum absolute atomic E-state index is 14.3. The molecule has 3 atom stereocenters. The van der Waals surface area contributed by atoms with Gasteiger partial charge in [-0.1, -0.05) is 83.9 Å². The van der Waals surface area contributed by atoms with Crippen LogP contribution in [0.25, 0.3) is 0 Å². The van der Waals surface area contributed by atoms with Crippen molar-refractivity contribution >= 4 is 58.7 Å². The summed E-state index contributed by atoms with van der Waals surface area (Å²) in [6.45, 7) is 4.20. The van der Waals surface area contributed by atoms with Crippen molar-refractivity contribution in [1.29, 1.82) is 0 Å². The van der Waals surface area contributed by atoms with Gasteiger partial charge >= 0.3 is 24.0 Å². The molecule has 0 spiro atoms. The Hall–Kier alpha value is -6.87. The minimum atomic E-state index is -2.06. The van der Waals surface area contributed by atoms with E-state index in [9.17, 15) is 38.7 Å². The lowest BCUT2D eigenvalue weighted by Gasteiger charge is -2.32. The monoisotopic (exact) mass is 734 g/mol. The molecule has 0 radical (unpaired) electrons. The molecule has 0 unspecified atom stereocenters. The van der Waals surface area contributed by atoms with Gasteiger partial charge in [0, 0.05) is 23.6 Å². The molecule has 6 amide bonds. The summed E-state index contributed by atoms with van der Waals surface area (Å²) in [5, 5.41) is 15.0. The van der Waals surface area contributed by atoms with Crippen molar-refractivity contribution in [2.75, 3.05) is 15.5 Å². The molecule has 1 aliphatic heterocycles. The highest BCUT2D eigenvalue weighted by Crippen LogP contribution is 2.39. The molecule has 1 aliphatic rings. The fourth-order valence-electron chi connectivity index (χ4n) is 5.97. The van der Waals surface area contributed by atoms with Crippen LogP contribution in [0.4, 0.5) is 26.7 Å². The van der Waals surface area contributed by atoms with Gasteiger partial charge in [-0.25, -0.2) is 14.4 Å². The third-order valence-corrected chi connectivity index (χ3v) is 8.86. The number of amides is 6. The molecule has 4 aromatic carbocycles. The summed E-state index contributed by atoms with van der Waals surface area (Å²) >= 11 is 0. The van der Waals surface area contributed by atoms with Gasteiger partial charge in [0.25, 0.3) is 5.91 Å². The second kappa shape index (κ2) is 16.2. The third-order valence-electron chi connectivity index (χ3n) is 8.86. The molecule has 5 N–H and O–H groups in total. The van der Waals surface area contributed by atoms with Crippen molar-refractivity contribution in [2.24, 2.45) is 5.73 Å². The molecular weight excluding hydrogens is 696 g/mol. The number of aliphatic carboxylic acids is 1. The minimum Gasteiger partial charge on any atom is -0.481 e. The molecular formula is C39H38N6O9. The molecule has 4 aromatic rings. The highest BCUT2D eigenvalue weighted by atomic mass is 16.7. The van der Waals surface area contributed by atoms with Crippen LogP contribution in [0.1, 0.15) is 37.0 Å². The van der Waals surface area contributed by atoms with E-state index in [0.29, 0.717) is 27.4 Å². The highest BCUT2D eigenvalue weighted by Gasteiger charge is 2.58. The Kier molecular flexibility index (Phi) is 11.5. The molecule has 0 aromatic heterocycles. The third kappa shape index (κ3) is 8.11. The van der Waals surface area contributed by atoms with E-state index in [-0.39, 0.29) is 17.3 Å². The topological polar surface area (TPSA) is 209 Å².